The summed E-state index contributed by atoms with van der Waals surface area (Å²) in [5.41, 5.74) is -0.622. The molecule has 2 aliphatic rings. The first-order valence-corrected chi connectivity index (χ1v) is 5.06. The van der Waals surface area contributed by atoms with Crippen LogP contribution in [0.1, 0.15) is 44.9 Å². The van der Waals surface area contributed by atoms with Gasteiger partial charge in [0.1, 0.15) is 0 Å². The standard InChI is InChI=1S/C10H18O2/c11-8-9(4-1-2-5-9)10(12)6-3-7-10/h11-12H,1-8H2. The molecule has 0 heterocycles. The molecule has 2 N–H and O–H groups in total. The minimum Gasteiger partial charge on any atom is -0.396 e. The molecule has 0 aliphatic heterocycles. The smallest absolute Gasteiger partial charge is 0.0725 e. The maximum Gasteiger partial charge on any atom is 0.0725 e. The summed E-state index contributed by atoms with van der Waals surface area (Å²) in [5.74, 6) is 0. The molecule has 0 unspecified atom stereocenters. The van der Waals surface area contributed by atoms with E-state index in [1.165, 1.54) is 12.8 Å². The minimum atomic E-state index is -0.502. The van der Waals surface area contributed by atoms with E-state index in [0.29, 0.717) is 0 Å². The summed E-state index contributed by atoms with van der Waals surface area (Å²) in [6, 6.07) is 0. The zero-order chi connectivity index (χ0) is 8.66. The molecular formula is C10H18O2. The van der Waals surface area contributed by atoms with E-state index < -0.39 is 5.60 Å². The van der Waals surface area contributed by atoms with Crippen LogP contribution in [-0.4, -0.2) is 22.4 Å². The van der Waals surface area contributed by atoms with E-state index in [9.17, 15) is 10.2 Å². The second kappa shape index (κ2) is 2.71. The van der Waals surface area contributed by atoms with Crippen molar-refractivity contribution in [2.75, 3.05) is 6.61 Å². The lowest BCUT2D eigenvalue weighted by atomic mass is 9.60. The Bertz CT molecular complexity index is 167. The maximum absolute atomic E-state index is 10.2. The van der Waals surface area contributed by atoms with Crippen LogP contribution >= 0.6 is 0 Å². The highest BCUT2D eigenvalue weighted by atomic mass is 16.3. The van der Waals surface area contributed by atoms with E-state index in [0.717, 1.165) is 32.1 Å². The van der Waals surface area contributed by atoms with Gasteiger partial charge in [-0.3, -0.25) is 0 Å². The lowest BCUT2D eigenvalue weighted by Gasteiger charge is -2.50. The van der Waals surface area contributed by atoms with Gasteiger partial charge < -0.3 is 10.2 Å². The van der Waals surface area contributed by atoms with Gasteiger partial charge >= 0.3 is 0 Å². The van der Waals surface area contributed by atoms with Crippen LogP contribution < -0.4 is 0 Å². The molecule has 0 aromatic heterocycles. The van der Waals surface area contributed by atoms with Gasteiger partial charge in [-0.15, -0.1) is 0 Å². The SMILES string of the molecule is OCC1(C2(O)CCC2)CCCC1. The van der Waals surface area contributed by atoms with Gasteiger partial charge in [-0.1, -0.05) is 12.8 Å². The van der Waals surface area contributed by atoms with E-state index in [2.05, 4.69) is 0 Å². The van der Waals surface area contributed by atoms with Crippen molar-refractivity contribution in [2.45, 2.75) is 50.5 Å². The third kappa shape index (κ3) is 0.944. The van der Waals surface area contributed by atoms with Crippen molar-refractivity contribution in [1.29, 1.82) is 0 Å². The molecular weight excluding hydrogens is 152 g/mol. The molecule has 2 heteroatoms. The highest BCUT2D eigenvalue weighted by Crippen LogP contribution is 2.54. The number of rotatable bonds is 2. The molecule has 0 saturated heterocycles. The number of aliphatic hydroxyl groups is 2. The first-order valence-electron chi connectivity index (χ1n) is 5.06. The van der Waals surface area contributed by atoms with Gasteiger partial charge in [-0.05, 0) is 32.1 Å². The summed E-state index contributed by atoms with van der Waals surface area (Å²) in [4.78, 5) is 0. The molecule has 2 fully saturated rings. The molecule has 12 heavy (non-hydrogen) atoms. The Kier molecular flexibility index (Phi) is 1.92. The number of hydrogen-bond acceptors (Lipinski definition) is 2. The topological polar surface area (TPSA) is 40.5 Å². The van der Waals surface area contributed by atoms with Gasteiger partial charge in [0, 0.05) is 5.41 Å². The monoisotopic (exact) mass is 170 g/mol. The highest BCUT2D eigenvalue weighted by molar-refractivity contribution is 5.05. The predicted molar refractivity (Wildman–Crippen MR) is 46.8 cm³/mol. The number of aliphatic hydroxyl groups excluding tert-OH is 1. The van der Waals surface area contributed by atoms with E-state index >= 15 is 0 Å². The molecule has 0 amide bonds. The van der Waals surface area contributed by atoms with Gasteiger partial charge in [0.05, 0.1) is 12.2 Å². The van der Waals surface area contributed by atoms with Crippen LogP contribution in [0.4, 0.5) is 0 Å². The second-order valence-corrected chi connectivity index (χ2v) is 4.53. The summed E-state index contributed by atoms with van der Waals surface area (Å²) in [6.45, 7) is 0.184. The molecule has 2 aliphatic carbocycles. The molecule has 0 aromatic carbocycles. The molecule has 2 saturated carbocycles. The van der Waals surface area contributed by atoms with Crippen molar-refractivity contribution in [3.8, 4) is 0 Å². The maximum atomic E-state index is 10.2. The molecule has 0 atom stereocenters. The zero-order valence-electron chi connectivity index (χ0n) is 7.55. The van der Waals surface area contributed by atoms with Crippen molar-refractivity contribution in [2.24, 2.45) is 5.41 Å². The number of hydrogen-bond donors (Lipinski definition) is 2. The fourth-order valence-corrected chi connectivity index (χ4v) is 2.86. The van der Waals surface area contributed by atoms with Crippen molar-refractivity contribution in [3.05, 3.63) is 0 Å². The highest BCUT2D eigenvalue weighted by Gasteiger charge is 2.54. The summed E-state index contributed by atoms with van der Waals surface area (Å²) in [6.07, 6.45) is 7.38. The minimum absolute atomic E-state index is 0.120. The Morgan fingerprint density at radius 1 is 0.917 bits per heavy atom. The van der Waals surface area contributed by atoms with Crippen LogP contribution in [0.5, 0.6) is 0 Å². The average Bonchev–Trinajstić information content (AvgIpc) is 2.49. The second-order valence-electron chi connectivity index (χ2n) is 4.53. The van der Waals surface area contributed by atoms with Gasteiger partial charge in [0.25, 0.3) is 0 Å². The van der Waals surface area contributed by atoms with Crippen LogP contribution in [0.3, 0.4) is 0 Å². The Balaban J connectivity index is 2.15. The summed E-state index contributed by atoms with van der Waals surface area (Å²) < 4.78 is 0. The quantitative estimate of drug-likeness (QED) is 0.658. The summed E-state index contributed by atoms with van der Waals surface area (Å²) in [5, 5.41) is 19.6. The van der Waals surface area contributed by atoms with Crippen LogP contribution in [0.15, 0.2) is 0 Å². The predicted octanol–water partition coefficient (Wildman–Crippen LogP) is 1.45. The molecule has 0 aromatic rings. The van der Waals surface area contributed by atoms with Crippen LogP contribution in [0.25, 0.3) is 0 Å². The largest absolute Gasteiger partial charge is 0.396 e. The molecule has 0 spiro atoms. The van der Waals surface area contributed by atoms with E-state index in [4.69, 9.17) is 0 Å². The molecule has 2 rings (SSSR count). The third-order valence-electron chi connectivity index (χ3n) is 4.03. The van der Waals surface area contributed by atoms with Crippen molar-refractivity contribution in [3.63, 3.8) is 0 Å². The third-order valence-corrected chi connectivity index (χ3v) is 4.03. The Morgan fingerprint density at radius 3 is 1.83 bits per heavy atom. The average molecular weight is 170 g/mol. The Hall–Kier alpha value is -0.0800. The fraction of sp³-hybridized carbons (Fsp3) is 1.00. The van der Waals surface area contributed by atoms with Gasteiger partial charge in [-0.2, -0.15) is 0 Å². The Morgan fingerprint density at radius 2 is 1.50 bits per heavy atom. The van der Waals surface area contributed by atoms with Gasteiger partial charge in [-0.25, -0.2) is 0 Å². The molecule has 70 valence electrons. The lowest BCUT2D eigenvalue weighted by Crippen LogP contribution is -2.53. The van der Waals surface area contributed by atoms with E-state index in [1.807, 2.05) is 0 Å². The van der Waals surface area contributed by atoms with Crippen molar-refractivity contribution < 1.29 is 10.2 Å². The van der Waals surface area contributed by atoms with Gasteiger partial charge in [0.2, 0.25) is 0 Å². The van der Waals surface area contributed by atoms with Crippen molar-refractivity contribution >= 4 is 0 Å². The van der Waals surface area contributed by atoms with Crippen LogP contribution in [0.2, 0.25) is 0 Å². The van der Waals surface area contributed by atoms with Crippen LogP contribution in [0, 0.1) is 5.41 Å². The first kappa shape index (κ1) is 8.52. The first-order chi connectivity index (χ1) is 5.72. The normalized spacial score (nSPS) is 31.5. The zero-order valence-corrected chi connectivity index (χ0v) is 7.55. The molecule has 2 nitrogen and oxygen atoms in total. The summed E-state index contributed by atoms with van der Waals surface area (Å²) >= 11 is 0. The molecule has 0 bridgehead atoms. The Labute approximate surface area is 73.6 Å². The molecule has 0 radical (unpaired) electrons. The van der Waals surface area contributed by atoms with Gasteiger partial charge in [0.15, 0.2) is 0 Å². The van der Waals surface area contributed by atoms with E-state index in [1.54, 1.807) is 0 Å². The van der Waals surface area contributed by atoms with E-state index in [-0.39, 0.29) is 12.0 Å². The van der Waals surface area contributed by atoms with Crippen LogP contribution in [-0.2, 0) is 0 Å². The van der Waals surface area contributed by atoms with Crippen molar-refractivity contribution in [1.82, 2.24) is 0 Å². The lowest BCUT2D eigenvalue weighted by molar-refractivity contribution is -0.155. The summed E-state index contributed by atoms with van der Waals surface area (Å²) in [7, 11) is 0. The fourth-order valence-electron chi connectivity index (χ4n) is 2.86.